The van der Waals surface area contributed by atoms with Crippen LogP contribution in [0.4, 0.5) is 0 Å². The molecule has 0 spiro atoms. The Labute approximate surface area is 130 Å². The van der Waals surface area contributed by atoms with Gasteiger partial charge in [0.1, 0.15) is 0 Å². The van der Waals surface area contributed by atoms with Crippen LogP contribution >= 0.6 is 23.2 Å². The standard InChI is InChI=1S/C17H19Cl2N/c1-3-20-17(10-13-6-4-5-12(2)9-13)15-8-7-14(18)11-16(15)19/h4-9,11,17,20H,3,10H2,1-2H3. The van der Waals surface area contributed by atoms with Crippen molar-refractivity contribution in [3.05, 3.63) is 69.2 Å². The smallest absolute Gasteiger partial charge is 0.0468 e. The van der Waals surface area contributed by atoms with E-state index in [1.54, 1.807) is 6.07 Å². The minimum Gasteiger partial charge on any atom is -0.310 e. The molecule has 0 aliphatic heterocycles. The lowest BCUT2D eigenvalue weighted by Crippen LogP contribution is -2.23. The number of likely N-dealkylation sites (N-methyl/N-ethyl adjacent to an activating group) is 1. The third-order valence-corrected chi connectivity index (χ3v) is 3.87. The fourth-order valence-electron chi connectivity index (χ4n) is 2.40. The molecule has 3 heteroatoms. The molecule has 0 bridgehead atoms. The van der Waals surface area contributed by atoms with Gasteiger partial charge in [-0.2, -0.15) is 0 Å². The molecule has 2 aromatic carbocycles. The summed E-state index contributed by atoms with van der Waals surface area (Å²) in [7, 11) is 0. The second-order valence-corrected chi connectivity index (χ2v) is 5.81. The highest BCUT2D eigenvalue weighted by Gasteiger charge is 2.14. The van der Waals surface area contributed by atoms with Crippen LogP contribution in [0.5, 0.6) is 0 Å². The van der Waals surface area contributed by atoms with E-state index in [2.05, 4.69) is 43.4 Å². The Bertz CT molecular complexity index is 581. The number of halogens is 2. The van der Waals surface area contributed by atoms with Crippen LogP contribution in [0.3, 0.4) is 0 Å². The highest BCUT2D eigenvalue weighted by Crippen LogP contribution is 2.28. The fourth-order valence-corrected chi connectivity index (χ4v) is 2.94. The molecule has 0 aromatic heterocycles. The Morgan fingerprint density at radius 3 is 2.55 bits per heavy atom. The zero-order chi connectivity index (χ0) is 14.5. The van der Waals surface area contributed by atoms with Gasteiger partial charge in [0.2, 0.25) is 0 Å². The van der Waals surface area contributed by atoms with Gasteiger partial charge in [-0.25, -0.2) is 0 Å². The van der Waals surface area contributed by atoms with Crippen LogP contribution in [-0.4, -0.2) is 6.54 Å². The monoisotopic (exact) mass is 307 g/mol. The van der Waals surface area contributed by atoms with Gasteiger partial charge in [-0.05, 0) is 43.1 Å². The van der Waals surface area contributed by atoms with Crippen molar-refractivity contribution in [3.8, 4) is 0 Å². The summed E-state index contributed by atoms with van der Waals surface area (Å²) in [6, 6.07) is 14.5. The summed E-state index contributed by atoms with van der Waals surface area (Å²) >= 11 is 12.3. The third-order valence-electron chi connectivity index (χ3n) is 3.31. The Balaban J connectivity index is 2.26. The van der Waals surface area contributed by atoms with Crippen molar-refractivity contribution < 1.29 is 0 Å². The summed E-state index contributed by atoms with van der Waals surface area (Å²) in [6.07, 6.45) is 0.914. The van der Waals surface area contributed by atoms with Gasteiger partial charge in [0.05, 0.1) is 0 Å². The number of benzene rings is 2. The zero-order valence-electron chi connectivity index (χ0n) is 11.8. The van der Waals surface area contributed by atoms with Crippen molar-refractivity contribution in [1.82, 2.24) is 5.32 Å². The van der Waals surface area contributed by atoms with Gasteiger partial charge in [0, 0.05) is 16.1 Å². The number of hydrogen-bond acceptors (Lipinski definition) is 1. The SMILES string of the molecule is CCNC(Cc1cccc(C)c1)c1ccc(Cl)cc1Cl. The molecule has 0 aliphatic carbocycles. The quantitative estimate of drug-likeness (QED) is 0.801. The molecule has 20 heavy (non-hydrogen) atoms. The zero-order valence-corrected chi connectivity index (χ0v) is 13.3. The van der Waals surface area contributed by atoms with Crippen LogP contribution in [0.1, 0.15) is 29.7 Å². The van der Waals surface area contributed by atoms with Crippen LogP contribution in [0.25, 0.3) is 0 Å². The van der Waals surface area contributed by atoms with E-state index in [-0.39, 0.29) is 6.04 Å². The average Bonchev–Trinajstić information content (AvgIpc) is 2.38. The van der Waals surface area contributed by atoms with Crippen molar-refractivity contribution in [1.29, 1.82) is 0 Å². The van der Waals surface area contributed by atoms with E-state index in [1.165, 1.54) is 11.1 Å². The second kappa shape index (κ2) is 7.12. The third kappa shape index (κ3) is 3.99. The summed E-state index contributed by atoms with van der Waals surface area (Å²) in [4.78, 5) is 0. The molecule has 0 radical (unpaired) electrons. The number of hydrogen-bond donors (Lipinski definition) is 1. The van der Waals surface area contributed by atoms with E-state index in [0.29, 0.717) is 5.02 Å². The van der Waals surface area contributed by atoms with Crippen LogP contribution in [0.2, 0.25) is 10.0 Å². The highest BCUT2D eigenvalue weighted by atomic mass is 35.5. The first-order chi connectivity index (χ1) is 9.60. The predicted octanol–water partition coefficient (Wildman–Crippen LogP) is 5.20. The minimum atomic E-state index is 0.201. The van der Waals surface area contributed by atoms with Gasteiger partial charge in [-0.3, -0.25) is 0 Å². The fraction of sp³-hybridized carbons (Fsp3) is 0.294. The molecule has 0 saturated carbocycles. The maximum atomic E-state index is 6.33. The van der Waals surface area contributed by atoms with E-state index < -0.39 is 0 Å². The van der Waals surface area contributed by atoms with Crippen molar-refractivity contribution in [2.24, 2.45) is 0 Å². The maximum Gasteiger partial charge on any atom is 0.0468 e. The van der Waals surface area contributed by atoms with Crippen molar-refractivity contribution in [2.45, 2.75) is 26.3 Å². The molecule has 0 amide bonds. The average molecular weight is 308 g/mol. The van der Waals surface area contributed by atoms with E-state index in [1.807, 2.05) is 12.1 Å². The number of nitrogens with one attached hydrogen (secondary N) is 1. The first-order valence-electron chi connectivity index (χ1n) is 6.84. The summed E-state index contributed by atoms with van der Waals surface area (Å²) in [5.41, 5.74) is 3.68. The predicted molar refractivity (Wildman–Crippen MR) is 87.8 cm³/mol. The lowest BCUT2D eigenvalue weighted by atomic mass is 9.98. The van der Waals surface area contributed by atoms with Gasteiger partial charge < -0.3 is 5.32 Å². The molecule has 2 aromatic rings. The Morgan fingerprint density at radius 1 is 1.10 bits per heavy atom. The van der Waals surface area contributed by atoms with Gasteiger partial charge in [-0.1, -0.05) is 66.0 Å². The molecule has 1 N–H and O–H groups in total. The van der Waals surface area contributed by atoms with E-state index in [0.717, 1.165) is 23.6 Å². The first-order valence-corrected chi connectivity index (χ1v) is 7.59. The molecule has 0 fully saturated rings. The van der Waals surface area contributed by atoms with E-state index in [4.69, 9.17) is 23.2 Å². The summed E-state index contributed by atoms with van der Waals surface area (Å²) in [5, 5.41) is 4.89. The molecule has 0 saturated heterocycles. The molecule has 0 aliphatic rings. The van der Waals surface area contributed by atoms with E-state index in [9.17, 15) is 0 Å². The topological polar surface area (TPSA) is 12.0 Å². The number of aryl methyl sites for hydroxylation is 1. The minimum absolute atomic E-state index is 0.201. The molecule has 106 valence electrons. The van der Waals surface area contributed by atoms with Gasteiger partial charge >= 0.3 is 0 Å². The summed E-state index contributed by atoms with van der Waals surface area (Å²) < 4.78 is 0. The van der Waals surface area contributed by atoms with Crippen molar-refractivity contribution in [2.75, 3.05) is 6.54 Å². The molecule has 1 unspecified atom stereocenters. The molecular formula is C17H19Cl2N. The Hall–Kier alpha value is -1.02. The molecule has 1 nitrogen and oxygen atoms in total. The number of rotatable bonds is 5. The summed E-state index contributed by atoms with van der Waals surface area (Å²) in [5.74, 6) is 0. The molecule has 2 rings (SSSR count). The summed E-state index contributed by atoms with van der Waals surface area (Å²) in [6.45, 7) is 5.11. The second-order valence-electron chi connectivity index (χ2n) is 4.97. The van der Waals surface area contributed by atoms with Gasteiger partial charge in [0.25, 0.3) is 0 Å². The lowest BCUT2D eigenvalue weighted by Gasteiger charge is -2.20. The Kier molecular flexibility index (Phi) is 5.47. The molecule has 1 atom stereocenters. The van der Waals surface area contributed by atoms with Gasteiger partial charge in [0.15, 0.2) is 0 Å². The van der Waals surface area contributed by atoms with Crippen LogP contribution < -0.4 is 5.32 Å². The Morgan fingerprint density at radius 2 is 1.90 bits per heavy atom. The van der Waals surface area contributed by atoms with Crippen molar-refractivity contribution >= 4 is 23.2 Å². The van der Waals surface area contributed by atoms with Crippen LogP contribution in [0.15, 0.2) is 42.5 Å². The molecular weight excluding hydrogens is 289 g/mol. The van der Waals surface area contributed by atoms with E-state index >= 15 is 0 Å². The van der Waals surface area contributed by atoms with Crippen LogP contribution in [0, 0.1) is 6.92 Å². The molecule has 0 heterocycles. The van der Waals surface area contributed by atoms with Gasteiger partial charge in [-0.15, -0.1) is 0 Å². The largest absolute Gasteiger partial charge is 0.310 e. The lowest BCUT2D eigenvalue weighted by molar-refractivity contribution is 0.550. The first kappa shape index (κ1) is 15.4. The van der Waals surface area contributed by atoms with Crippen molar-refractivity contribution in [3.63, 3.8) is 0 Å². The normalized spacial score (nSPS) is 12.4. The van der Waals surface area contributed by atoms with Crippen LogP contribution in [-0.2, 0) is 6.42 Å². The highest BCUT2D eigenvalue weighted by molar-refractivity contribution is 6.35. The maximum absolute atomic E-state index is 6.33.